The maximum atomic E-state index is 13.3. The molecule has 0 bridgehead atoms. The first-order valence-corrected chi connectivity index (χ1v) is 12.6. The van der Waals surface area contributed by atoms with Gasteiger partial charge in [0.2, 0.25) is 0 Å². The van der Waals surface area contributed by atoms with Crippen LogP contribution in [0.5, 0.6) is 11.5 Å². The minimum absolute atomic E-state index is 0.0540. The maximum absolute atomic E-state index is 13.3. The summed E-state index contributed by atoms with van der Waals surface area (Å²) in [5, 5.41) is 0.337. The van der Waals surface area contributed by atoms with Crippen LogP contribution in [0, 0.1) is 6.92 Å². The van der Waals surface area contributed by atoms with Crippen molar-refractivity contribution < 1.29 is 17.9 Å². The molecule has 1 amide bonds. The number of rotatable bonds is 3. The quantitative estimate of drug-likeness (QED) is 0.493. The van der Waals surface area contributed by atoms with Gasteiger partial charge in [0.25, 0.3) is 5.91 Å². The van der Waals surface area contributed by atoms with E-state index in [0.29, 0.717) is 21.9 Å². The molecule has 33 heavy (non-hydrogen) atoms. The summed E-state index contributed by atoms with van der Waals surface area (Å²) >= 11 is 6.59. The second-order valence-corrected chi connectivity index (χ2v) is 10.5. The van der Waals surface area contributed by atoms with Crippen molar-refractivity contribution in [1.82, 2.24) is 4.90 Å². The van der Waals surface area contributed by atoms with Gasteiger partial charge < -0.3 is 26.0 Å². The molecule has 2 aliphatic heterocycles. The molecule has 9 nitrogen and oxygen atoms in total. The number of guanidine groups is 1. The number of amides is 1. The normalized spacial score (nSPS) is 17.4. The second-order valence-electron chi connectivity index (χ2n) is 8.16. The van der Waals surface area contributed by atoms with Crippen LogP contribution < -0.4 is 21.1 Å². The number of anilines is 1. The number of likely N-dealkylation sites (N-methyl/N-ethyl adjacent to an activating group) is 1. The molecule has 2 aromatic carbocycles. The zero-order valence-corrected chi connectivity index (χ0v) is 20.0. The Kier molecular flexibility index (Phi) is 6.26. The number of aryl methyl sites for hydroxylation is 1. The van der Waals surface area contributed by atoms with E-state index in [-0.39, 0.29) is 22.0 Å². The summed E-state index contributed by atoms with van der Waals surface area (Å²) < 4.78 is 32.7. The van der Waals surface area contributed by atoms with Crippen molar-refractivity contribution in [2.45, 2.75) is 24.5 Å². The predicted molar refractivity (Wildman–Crippen MR) is 128 cm³/mol. The summed E-state index contributed by atoms with van der Waals surface area (Å²) in [6, 6.07) is 6.37. The molecule has 0 aromatic heterocycles. The zero-order chi connectivity index (χ0) is 23.9. The van der Waals surface area contributed by atoms with Crippen molar-refractivity contribution in [1.29, 1.82) is 0 Å². The van der Waals surface area contributed by atoms with Gasteiger partial charge >= 0.3 is 0 Å². The lowest BCUT2D eigenvalue weighted by molar-refractivity contribution is 0.100. The van der Waals surface area contributed by atoms with E-state index >= 15 is 0 Å². The fourth-order valence-corrected chi connectivity index (χ4v) is 6.00. The van der Waals surface area contributed by atoms with Crippen molar-refractivity contribution in [3.8, 4) is 11.5 Å². The van der Waals surface area contributed by atoms with Crippen molar-refractivity contribution in [2.24, 2.45) is 16.5 Å². The Labute approximate surface area is 197 Å². The molecule has 0 atom stereocenters. The highest BCUT2D eigenvalue weighted by Gasteiger charge is 2.31. The lowest BCUT2D eigenvalue weighted by atomic mass is 10.1. The van der Waals surface area contributed by atoms with Crippen molar-refractivity contribution in [3.63, 3.8) is 0 Å². The van der Waals surface area contributed by atoms with Gasteiger partial charge in [-0.2, -0.15) is 4.99 Å². The van der Waals surface area contributed by atoms with Crippen molar-refractivity contribution in [3.05, 3.63) is 46.0 Å². The van der Waals surface area contributed by atoms with Gasteiger partial charge in [-0.3, -0.25) is 4.79 Å². The van der Waals surface area contributed by atoms with Crippen LogP contribution in [0.3, 0.4) is 0 Å². The van der Waals surface area contributed by atoms with Gasteiger partial charge in [0.1, 0.15) is 16.4 Å². The minimum atomic E-state index is -3.85. The van der Waals surface area contributed by atoms with Gasteiger partial charge in [0.05, 0.1) is 10.8 Å². The first kappa shape index (κ1) is 23.3. The SMILES string of the molecule is CCN1CCN(c2cc(Cl)c3c(c2)CS(=O)(=O)c2cc(C(=O)N=C(N)N)cc(C)c2O3)CC1. The van der Waals surface area contributed by atoms with Gasteiger partial charge in [-0.15, -0.1) is 0 Å². The summed E-state index contributed by atoms with van der Waals surface area (Å²) in [6.45, 7) is 8.29. The minimum Gasteiger partial charge on any atom is -0.454 e. The lowest BCUT2D eigenvalue weighted by Gasteiger charge is -2.35. The second kappa shape index (κ2) is 8.85. The average Bonchev–Trinajstić information content (AvgIpc) is 2.87. The molecule has 1 saturated heterocycles. The number of halogens is 1. The highest BCUT2D eigenvalue weighted by atomic mass is 35.5. The van der Waals surface area contributed by atoms with Gasteiger partial charge in [-0.25, -0.2) is 8.42 Å². The van der Waals surface area contributed by atoms with Gasteiger partial charge in [-0.1, -0.05) is 18.5 Å². The zero-order valence-electron chi connectivity index (χ0n) is 18.5. The molecule has 176 valence electrons. The molecule has 2 heterocycles. The molecule has 2 aliphatic rings. The number of ether oxygens (including phenoxy) is 1. The number of piperazine rings is 1. The molecule has 11 heteroatoms. The summed E-state index contributed by atoms with van der Waals surface area (Å²) in [6.07, 6.45) is 0. The van der Waals surface area contributed by atoms with Gasteiger partial charge in [-0.05, 0) is 43.3 Å². The highest BCUT2D eigenvalue weighted by Crippen LogP contribution is 2.45. The van der Waals surface area contributed by atoms with Crippen LogP contribution in [0.4, 0.5) is 5.69 Å². The number of nitrogens with zero attached hydrogens (tertiary/aromatic N) is 3. The van der Waals surface area contributed by atoms with E-state index in [0.717, 1.165) is 38.4 Å². The number of hydrogen-bond acceptors (Lipinski definition) is 6. The molecule has 0 spiro atoms. The Hall–Kier alpha value is -2.82. The first-order valence-electron chi connectivity index (χ1n) is 10.6. The largest absolute Gasteiger partial charge is 0.454 e. The van der Waals surface area contributed by atoms with E-state index in [9.17, 15) is 13.2 Å². The Balaban J connectivity index is 1.75. The number of sulfone groups is 1. The van der Waals surface area contributed by atoms with Crippen molar-refractivity contribution >= 4 is 39.0 Å². The molecule has 0 saturated carbocycles. The van der Waals surface area contributed by atoms with E-state index in [1.165, 1.54) is 12.1 Å². The Bertz CT molecular complexity index is 1250. The number of fused-ring (bicyclic) bond motifs is 2. The summed E-state index contributed by atoms with van der Waals surface area (Å²) in [5.41, 5.74) is 12.4. The van der Waals surface area contributed by atoms with E-state index in [2.05, 4.69) is 21.7 Å². The number of carbonyl (C=O) groups is 1. The highest BCUT2D eigenvalue weighted by molar-refractivity contribution is 7.90. The van der Waals surface area contributed by atoms with Gasteiger partial charge in [0.15, 0.2) is 15.8 Å². The van der Waals surface area contributed by atoms with Crippen LogP contribution in [0.1, 0.15) is 28.4 Å². The molecule has 4 N–H and O–H groups in total. The van der Waals surface area contributed by atoms with Crippen LogP contribution in [0.25, 0.3) is 0 Å². The monoisotopic (exact) mass is 491 g/mol. The third kappa shape index (κ3) is 4.64. The topological polar surface area (TPSA) is 131 Å². The van der Waals surface area contributed by atoms with Crippen LogP contribution >= 0.6 is 11.6 Å². The Morgan fingerprint density at radius 3 is 2.45 bits per heavy atom. The number of nitrogens with two attached hydrogens (primary N) is 2. The third-order valence-electron chi connectivity index (χ3n) is 5.89. The Morgan fingerprint density at radius 2 is 1.82 bits per heavy atom. The van der Waals surface area contributed by atoms with E-state index in [1.807, 2.05) is 12.1 Å². The Morgan fingerprint density at radius 1 is 1.12 bits per heavy atom. The van der Waals surface area contributed by atoms with Crippen molar-refractivity contribution in [2.75, 3.05) is 37.6 Å². The fourth-order valence-electron chi connectivity index (χ4n) is 4.15. The standard InChI is InChI=1S/C22H26ClN5O4S/c1-3-27-4-6-28(7-5-27)16-9-15-12-33(30,31)18-10-14(21(29)26-22(24)25)8-13(2)19(18)32-20(15)17(23)11-16/h8-11H,3-7,12H2,1-2H3,(H4,24,25,26,29). The average molecular weight is 492 g/mol. The fraction of sp³-hybridized carbons (Fsp3) is 0.364. The number of benzene rings is 2. The lowest BCUT2D eigenvalue weighted by Crippen LogP contribution is -2.46. The maximum Gasteiger partial charge on any atom is 0.280 e. The predicted octanol–water partition coefficient (Wildman–Crippen LogP) is 2.28. The molecule has 0 aliphatic carbocycles. The van der Waals surface area contributed by atoms with Crippen LogP contribution in [0.15, 0.2) is 34.2 Å². The smallest absolute Gasteiger partial charge is 0.280 e. The molecule has 0 radical (unpaired) electrons. The van der Waals surface area contributed by atoms with E-state index < -0.39 is 21.7 Å². The summed E-state index contributed by atoms with van der Waals surface area (Å²) in [4.78, 5) is 20.3. The number of hydrogen-bond donors (Lipinski definition) is 2. The summed E-state index contributed by atoms with van der Waals surface area (Å²) in [7, 11) is -3.85. The molecule has 0 unspecified atom stereocenters. The first-order chi connectivity index (χ1) is 15.6. The molecule has 2 aromatic rings. The van der Waals surface area contributed by atoms with E-state index in [1.54, 1.807) is 6.92 Å². The third-order valence-corrected chi connectivity index (χ3v) is 7.84. The number of carbonyl (C=O) groups excluding carboxylic acids is 1. The molecule has 1 fully saturated rings. The van der Waals surface area contributed by atoms with E-state index in [4.69, 9.17) is 27.8 Å². The van der Waals surface area contributed by atoms with Crippen LogP contribution in [0.2, 0.25) is 5.02 Å². The van der Waals surface area contributed by atoms with Gasteiger partial charge in [0, 0.05) is 43.0 Å². The van der Waals surface area contributed by atoms with Crippen LogP contribution in [-0.4, -0.2) is 57.9 Å². The number of aliphatic imine (C=N–C) groups is 1. The summed E-state index contributed by atoms with van der Waals surface area (Å²) in [5.74, 6) is -0.998. The molecule has 4 rings (SSSR count). The van der Waals surface area contributed by atoms with Crippen LogP contribution in [-0.2, 0) is 15.6 Å². The molecular weight excluding hydrogens is 466 g/mol. The molecular formula is C22H26ClN5O4S.